The summed E-state index contributed by atoms with van der Waals surface area (Å²) in [6, 6.07) is 6.47. The summed E-state index contributed by atoms with van der Waals surface area (Å²) in [5.41, 5.74) is 3.64. The summed E-state index contributed by atoms with van der Waals surface area (Å²) in [5.74, 6) is 0. The molecule has 1 aromatic carbocycles. The van der Waals surface area contributed by atoms with Crippen molar-refractivity contribution in [2.75, 3.05) is 0 Å². The van der Waals surface area contributed by atoms with E-state index in [1.165, 1.54) is 16.7 Å². The van der Waals surface area contributed by atoms with Crippen LogP contribution in [0.2, 0.25) is 0 Å². The molecule has 1 heterocycles. The number of nitrogens with zero attached hydrogens (tertiary/aromatic N) is 1. The molecule has 0 bridgehead atoms. The number of benzene rings is 1. The number of carbonyl (C=O) groups is 1. The van der Waals surface area contributed by atoms with Crippen LogP contribution >= 0.6 is 0 Å². The number of rotatable bonds is 2. The zero-order chi connectivity index (χ0) is 12.6. The van der Waals surface area contributed by atoms with Crippen LogP contribution in [0, 0.1) is 13.8 Å². The molecule has 3 heteroatoms. The Balaban J connectivity index is 2.21. The van der Waals surface area contributed by atoms with Gasteiger partial charge in [-0.05, 0) is 38.8 Å². The minimum atomic E-state index is -0.203. The topological polar surface area (TPSA) is 29.5 Å². The lowest BCUT2D eigenvalue weighted by atomic mass is 10.0. The molecule has 1 saturated heterocycles. The van der Waals surface area contributed by atoms with Crippen molar-refractivity contribution in [1.82, 2.24) is 4.90 Å². The van der Waals surface area contributed by atoms with Gasteiger partial charge in [-0.15, -0.1) is 0 Å². The largest absolute Gasteiger partial charge is 0.444 e. The van der Waals surface area contributed by atoms with Crippen molar-refractivity contribution in [2.45, 2.75) is 46.4 Å². The Morgan fingerprint density at radius 3 is 2.59 bits per heavy atom. The Labute approximate surface area is 102 Å². The summed E-state index contributed by atoms with van der Waals surface area (Å²) in [4.78, 5) is 13.5. The lowest BCUT2D eigenvalue weighted by Crippen LogP contribution is -2.32. The van der Waals surface area contributed by atoms with Gasteiger partial charge in [-0.3, -0.25) is 4.90 Å². The number of hydrogen-bond donors (Lipinski definition) is 0. The number of amides is 1. The summed E-state index contributed by atoms with van der Waals surface area (Å²) in [5, 5.41) is 0. The third kappa shape index (κ3) is 2.28. The van der Waals surface area contributed by atoms with E-state index in [-0.39, 0.29) is 18.2 Å². The standard InChI is InChI=1S/C14H19NO2/c1-9-5-6-10(2)13(7-9)8-15-11(3)12(4)17-14(15)16/h5-7,11-12H,8H2,1-4H3/t11-,12+/m0/s1. The first-order chi connectivity index (χ1) is 7.99. The van der Waals surface area contributed by atoms with Crippen LogP contribution in [0.4, 0.5) is 4.79 Å². The van der Waals surface area contributed by atoms with Gasteiger partial charge in [-0.1, -0.05) is 23.8 Å². The Kier molecular flexibility index (Phi) is 3.09. The summed E-state index contributed by atoms with van der Waals surface area (Å²) in [6.07, 6.45) is -0.224. The minimum Gasteiger partial charge on any atom is -0.444 e. The van der Waals surface area contributed by atoms with Gasteiger partial charge in [0, 0.05) is 6.54 Å². The van der Waals surface area contributed by atoms with Crippen LogP contribution in [0.1, 0.15) is 30.5 Å². The quantitative estimate of drug-likeness (QED) is 0.785. The summed E-state index contributed by atoms with van der Waals surface area (Å²) >= 11 is 0. The van der Waals surface area contributed by atoms with Crippen LogP contribution in [0.25, 0.3) is 0 Å². The molecule has 1 amide bonds. The van der Waals surface area contributed by atoms with Crippen LogP contribution in [-0.2, 0) is 11.3 Å². The second kappa shape index (κ2) is 4.40. The van der Waals surface area contributed by atoms with Crippen molar-refractivity contribution < 1.29 is 9.53 Å². The van der Waals surface area contributed by atoms with Crippen molar-refractivity contribution in [1.29, 1.82) is 0 Å². The smallest absolute Gasteiger partial charge is 0.410 e. The predicted octanol–water partition coefficient (Wildman–Crippen LogP) is 3.03. The Hall–Kier alpha value is -1.51. The highest BCUT2D eigenvalue weighted by atomic mass is 16.6. The lowest BCUT2D eigenvalue weighted by molar-refractivity contribution is 0.137. The zero-order valence-electron chi connectivity index (χ0n) is 10.9. The highest BCUT2D eigenvalue weighted by Crippen LogP contribution is 2.23. The lowest BCUT2D eigenvalue weighted by Gasteiger charge is -2.20. The van der Waals surface area contributed by atoms with Gasteiger partial charge in [-0.25, -0.2) is 4.79 Å². The fourth-order valence-electron chi connectivity index (χ4n) is 2.11. The van der Waals surface area contributed by atoms with Gasteiger partial charge in [0.05, 0.1) is 6.04 Å². The van der Waals surface area contributed by atoms with E-state index >= 15 is 0 Å². The van der Waals surface area contributed by atoms with Crippen molar-refractivity contribution >= 4 is 6.09 Å². The fraction of sp³-hybridized carbons (Fsp3) is 0.500. The van der Waals surface area contributed by atoms with E-state index in [0.717, 1.165) is 0 Å². The third-order valence-corrected chi connectivity index (χ3v) is 3.54. The normalized spacial score (nSPS) is 24.0. The van der Waals surface area contributed by atoms with E-state index in [9.17, 15) is 4.79 Å². The first-order valence-corrected chi connectivity index (χ1v) is 6.02. The number of ether oxygens (including phenoxy) is 1. The molecule has 0 unspecified atom stereocenters. The monoisotopic (exact) mass is 233 g/mol. The van der Waals surface area contributed by atoms with Crippen LogP contribution in [0.15, 0.2) is 18.2 Å². The van der Waals surface area contributed by atoms with Gasteiger partial charge in [0.15, 0.2) is 0 Å². The van der Waals surface area contributed by atoms with E-state index in [2.05, 4.69) is 32.0 Å². The molecule has 2 rings (SSSR count). The van der Waals surface area contributed by atoms with Gasteiger partial charge < -0.3 is 4.74 Å². The Morgan fingerprint density at radius 2 is 2.00 bits per heavy atom. The van der Waals surface area contributed by atoms with Gasteiger partial charge in [-0.2, -0.15) is 0 Å². The number of aryl methyl sites for hydroxylation is 2. The van der Waals surface area contributed by atoms with E-state index in [1.54, 1.807) is 4.90 Å². The second-order valence-electron chi connectivity index (χ2n) is 4.89. The highest BCUT2D eigenvalue weighted by Gasteiger charge is 2.35. The van der Waals surface area contributed by atoms with Crippen molar-refractivity contribution in [3.63, 3.8) is 0 Å². The van der Waals surface area contributed by atoms with Gasteiger partial charge in [0.2, 0.25) is 0 Å². The predicted molar refractivity (Wildman–Crippen MR) is 66.9 cm³/mol. The Bertz CT molecular complexity index is 442. The minimum absolute atomic E-state index is 0.0207. The summed E-state index contributed by atoms with van der Waals surface area (Å²) in [6.45, 7) is 8.74. The molecule has 3 nitrogen and oxygen atoms in total. The second-order valence-corrected chi connectivity index (χ2v) is 4.89. The van der Waals surface area contributed by atoms with E-state index in [1.807, 2.05) is 13.8 Å². The van der Waals surface area contributed by atoms with Crippen LogP contribution in [0.3, 0.4) is 0 Å². The first kappa shape index (κ1) is 12.0. The van der Waals surface area contributed by atoms with Crippen molar-refractivity contribution in [3.05, 3.63) is 34.9 Å². The molecule has 1 aliphatic rings. The highest BCUT2D eigenvalue weighted by molar-refractivity contribution is 5.70. The molecule has 2 atom stereocenters. The summed E-state index contributed by atoms with van der Waals surface area (Å²) < 4.78 is 5.22. The number of cyclic esters (lactones) is 1. The zero-order valence-corrected chi connectivity index (χ0v) is 10.9. The van der Waals surface area contributed by atoms with Crippen LogP contribution < -0.4 is 0 Å². The average Bonchev–Trinajstić information content (AvgIpc) is 2.50. The molecule has 0 radical (unpaired) electrons. The molecule has 1 aliphatic heterocycles. The molecule has 0 N–H and O–H groups in total. The molecule has 17 heavy (non-hydrogen) atoms. The average molecular weight is 233 g/mol. The third-order valence-electron chi connectivity index (χ3n) is 3.54. The maximum absolute atomic E-state index is 11.7. The maximum atomic E-state index is 11.7. The van der Waals surface area contributed by atoms with Crippen molar-refractivity contribution in [2.24, 2.45) is 0 Å². The number of carbonyl (C=O) groups excluding carboxylic acids is 1. The SMILES string of the molecule is Cc1ccc(C)c(CN2C(=O)O[C@H](C)[C@@H]2C)c1. The first-order valence-electron chi connectivity index (χ1n) is 6.02. The van der Waals surface area contributed by atoms with E-state index < -0.39 is 0 Å². The number of hydrogen-bond acceptors (Lipinski definition) is 2. The molecule has 0 saturated carbocycles. The molecule has 1 fully saturated rings. The summed E-state index contributed by atoms with van der Waals surface area (Å²) in [7, 11) is 0. The molecule has 0 aromatic heterocycles. The molecule has 92 valence electrons. The molecule has 1 aromatic rings. The van der Waals surface area contributed by atoms with Crippen LogP contribution in [-0.4, -0.2) is 23.1 Å². The van der Waals surface area contributed by atoms with E-state index in [0.29, 0.717) is 6.54 Å². The van der Waals surface area contributed by atoms with Gasteiger partial charge in [0.25, 0.3) is 0 Å². The molecular weight excluding hydrogens is 214 g/mol. The maximum Gasteiger partial charge on any atom is 0.410 e. The van der Waals surface area contributed by atoms with Crippen LogP contribution in [0.5, 0.6) is 0 Å². The molecule has 0 spiro atoms. The van der Waals surface area contributed by atoms with Gasteiger partial charge in [0.1, 0.15) is 6.10 Å². The van der Waals surface area contributed by atoms with Gasteiger partial charge >= 0.3 is 6.09 Å². The molecule has 0 aliphatic carbocycles. The van der Waals surface area contributed by atoms with E-state index in [4.69, 9.17) is 4.74 Å². The van der Waals surface area contributed by atoms with Crippen molar-refractivity contribution in [3.8, 4) is 0 Å². The Morgan fingerprint density at radius 1 is 1.29 bits per heavy atom. The fourth-order valence-corrected chi connectivity index (χ4v) is 2.11. The molecular formula is C14H19NO2.